The Morgan fingerprint density at radius 1 is 1.18 bits per heavy atom. The Bertz CT molecular complexity index is 167. The van der Waals surface area contributed by atoms with Crippen molar-refractivity contribution in [2.24, 2.45) is 0 Å². The normalized spacial score (nSPS) is 14.7. The number of rotatable bonds is 3. The Morgan fingerprint density at radius 2 is 1.64 bits per heavy atom. The topological polar surface area (TPSA) is 0 Å². The van der Waals surface area contributed by atoms with Crippen molar-refractivity contribution in [3.05, 3.63) is 9.95 Å². The molecule has 66 valence electrons. The van der Waals surface area contributed by atoms with Crippen LogP contribution in [0.3, 0.4) is 0 Å². The summed E-state index contributed by atoms with van der Waals surface area (Å²) in [6.45, 7) is -5.01. The van der Waals surface area contributed by atoms with Crippen molar-refractivity contribution in [1.29, 1.82) is 0 Å². The molecule has 0 aliphatic rings. The fourth-order valence-electron chi connectivity index (χ4n) is 0.423. The molecule has 0 saturated heterocycles. The highest BCUT2D eigenvalue weighted by Crippen LogP contribution is 2.27. The van der Waals surface area contributed by atoms with Crippen molar-refractivity contribution < 1.29 is 12.9 Å². The SMILES string of the molecule is F[B-](F)(F)/C(CCl)=C(\Br)CCl. The predicted molar refractivity (Wildman–Crippen MR) is 46.5 cm³/mol. The largest absolute Gasteiger partial charge is 0.507 e. The second-order valence-corrected chi connectivity index (χ2v) is 3.26. The molecule has 0 aromatic carbocycles. The molecular weight excluding hydrogens is 267 g/mol. The first-order chi connectivity index (χ1) is 4.93. The Labute approximate surface area is 80.9 Å². The lowest BCUT2D eigenvalue weighted by atomic mass is 9.80. The van der Waals surface area contributed by atoms with Gasteiger partial charge in [-0.1, -0.05) is 15.9 Å². The van der Waals surface area contributed by atoms with Gasteiger partial charge < -0.3 is 12.9 Å². The van der Waals surface area contributed by atoms with Gasteiger partial charge in [-0.25, -0.2) is 0 Å². The lowest BCUT2D eigenvalue weighted by molar-refractivity contribution is 0.490. The Balaban J connectivity index is 4.66. The molecule has 0 aliphatic heterocycles. The van der Waals surface area contributed by atoms with Gasteiger partial charge >= 0.3 is 6.98 Å². The first-order valence-electron chi connectivity index (χ1n) is 2.62. The summed E-state index contributed by atoms with van der Waals surface area (Å²) in [5.41, 5.74) is -0.762. The monoisotopic (exact) mass is 269 g/mol. The molecule has 0 aromatic rings. The Kier molecular flexibility index (Phi) is 4.90. The maximum absolute atomic E-state index is 12.0. The molecule has 0 amide bonds. The van der Waals surface area contributed by atoms with Crippen molar-refractivity contribution in [3.63, 3.8) is 0 Å². The third-order valence-corrected chi connectivity index (χ3v) is 2.67. The molecule has 0 N–H and O–H groups in total. The van der Waals surface area contributed by atoms with E-state index < -0.39 is 18.3 Å². The van der Waals surface area contributed by atoms with Gasteiger partial charge in [0.05, 0.1) is 5.88 Å². The Hall–Kier alpha value is 0.655. The van der Waals surface area contributed by atoms with Crippen molar-refractivity contribution in [2.75, 3.05) is 11.8 Å². The van der Waals surface area contributed by atoms with Crippen LogP contribution >= 0.6 is 39.1 Å². The fourth-order valence-corrected chi connectivity index (χ4v) is 1.49. The summed E-state index contributed by atoms with van der Waals surface area (Å²) in [4.78, 5) is 0. The molecule has 0 fully saturated rings. The maximum atomic E-state index is 12.0. The van der Waals surface area contributed by atoms with Crippen molar-refractivity contribution in [3.8, 4) is 0 Å². The van der Waals surface area contributed by atoms with Gasteiger partial charge in [-0.05, 0) is 4.48 Å². The fraction of sp³-hybridized carbons (Fsp3) is 0.500. The summed E-state index contributed by atoms with van der Waals surface area (Å²) >= 11 is 13.0. The Morgan fingerprint density at radius 3 is 1.73 bits per heavy atom. The smallest absolute Gasteiger partial charge is 0.445 e. The van der Waals surface area contributed by atoms with Gasteiger partial charge in [-0.15, -0.1) is 28.7 Å². The minimum atomic E-state index is -5.01. The van der Waals surface area contributed by atoms with E-state index in [1.807, 2.05) is 0 Å². The molecule has 0 nitrogen and oxygen atoms in total. The molecule has 0 aromatic heterocycles. The van der Waals surface area contributed by atoms with Crippen LogP contribution in [0.1, 0.15) is 0 Å². The lowest BCUT2D eigenvalue weighted by Crippen LogP contribution is -2.22. The molecule has 0 atom stereocenters. The van der Waals surface area contributed by atoms with Crippen molar-refractivity contribution >= 4 is 46.1 Å². The second kappa shape index (κ2) is 4.62. The molecule has 0 bridgehead atoms. The van der Waals surface area contributed by atoms with E-state index in [-0.39, 0.29) is 10.4 Å². The highest BCUT2D eigenvalue weighted by molar-refractivity contribution is 9.11. The van der Waals surface area contributed by atoms with Gasteiger partial charge in [0.2, 0.25) is 0 Å². The number of hydrogen-bond acceptors (Lipinski definition) is 0. The predicted octanol–water partition coefficient (Wildman–Crippen LogP) is 3.50. The van der Waals surface area contributed by atoms with Crippen LogP contribution < -0.4 is 0 Å². The molecular formula is C4H4BBrCl2F3-. The van der Waals surface area contributed by atoms with Gasteiger partial charge in [-0.3, -0.25) is 0 Å². The van der Waals surface area contributed by atoms with Gasteiger partial charge in [0.25, 0.3) is 0 Å². The summed E-state index contributed by atoms with van der Waals surface area (Å²) in [5, 5.41) is 0. The van der Waals surface area contributed by atoms with E-state index in [0.717, 1.165) is 0 Å². The van der Waals surface area contributed by atoms with Crippen LogP contribution in [0, 0.1) is 0 Å². The molecule has 0 saturated carbocycles. The van der Waals surface area contributed by atoms with E-state index in [4.69, 9.17) is 23.2 Å². The summed E-state index contributed by atoms with van der Waals surface area (Å²) in [7, 11) is 0. The molecule has 0 rings (SSSR count). The minimum absolute atomic E-state index is 0.0818. The maximum Gasteiger partial charge on any atom is 0.507 e. The van der Waals surface area contributed by atoms with Crippen LogP contribution in [-0.4, -0.2) is 18.7 Å². The third kappa shape index (κ3) is 3.72. The van der Waals surface area contributed by atoms with Crippen LogP contribution in [0.25, 0.3) is 0 Å². The summed E-state index contributed by atoms with van der Waals surface area (Å²) in [5.74, 6) is -0.764. The van der Waals surface area contributed by atoms with Crippen molar-refractivity contribution in [1.82, 2.24) is 0 Å². The van der Waals surface area contributed by atoms with Crippen LogP contribution in [0.2, 0.25) is 0 Å². The van der Waals surface area contributed by atoms with E-state index >= 15 is 0 Å². The summed E-state index contributed by atoms with van der Waals surface area (Å²) in [6.07, 6.45) is 0. The standard InChI is InChI=1S/C4H4BBrCl2F3/c6-4(2-8)3(1-7)5(9,10)11/h1-2H2/q-1/b4-3-. The van der Waals surface area contributed by atoms with Crippen LogP contribution in [0.15, 0.2) is 9.95 Å². The summed E-state index contributed by atoms with van der Waals surface area (Å²) < 4.78 is 35.9. The molecule has 0 unspecified atom stereocenters. The molecule has 0 spiro atoms. The van der Waals surface area contributed by atoms with Crippen molar-refractivity contribution in [2.45, 2.75) is 0 Å². The third-order valence-electron chi connectivity index (χ3n) is 1.00. The van der Waals surface area contributed by atoms with E-state index in [1.165, 1.54) is 0 Å². The number of allylic oxidation sites excluding steroid dienone is 2. The average Bonchev–Trinajstić information content (AvgIpc) is 1.86. The van der Waals surface area contributed by atoms with Gasteiger partial charge in [0.15, 0.2) is 0 Å². The minimum Gasteiger partial charge on any atom is -0.445 e. The average molecular weight is 271 g/mol. The van der Waals surface area contributed by atoms with Gasteiger partial charge in [0.1, 0.15) is 0 Å². The van der Waals surface area contributed by atoms with Crippen LogP contribution in [-0.2, 0) is 0 Å². The first-order valence-corrected chi connectivity index (χ1v) is 4.49. The molecule has 7 heteroatoms. The molecule has 0 radical (unpaired) electrons. The quantitative estimate of drug-likeness (QED) is 0.544. The second-order valence-electron chi connectivity index (χ2n) is 1.77. The van der Waals surface area contributed by atoms with E-state index in [1.54, 1.807) is 0 Å². The zero-order valence-electron chi connectivity index (χ0n) is 5.26. The zero-order chi connectivity index (χ0) is 9.07. The number of hydrogen-bond donors (Lipinski definition) is 0. The van der Waals surface area contributed by atoms with Gasteiger partial charge in [-0.2, -0.15) is 0 Å². The summed E-state index contributed by atoms with van der Waals surface area (Å²) in [6, 6.07) is 0. The molecule has 11 heavy (non-hydrogen) atoms. The lowest BCUT2D eigenvalue weighted by Gasteiger charge is -2.18. The number of alkyl halides is 2. The number of halogens is 6. The first kappa shape index (κ1) is 11.7. The molecule has 0 aliphatic carbocycles. The highest BCUT2D eigenvalue weighted by Gasteiger charge is 2.29. The van der Waals surface area contributed by atoms with E-state index in [0.29, 0.717) is 0 Å². The van der Waals surface area contributed by atoms with E-state index in [2.05, 4.69) is 15.9 Å². The highest BCUT2D eigenvalue weighted by atomic mass is 79.9. The van der Waals surface area contributed by atoms with E-state index in [9.17, 15) is 12.9 Å². The zero-order valence-corrected chi connectivity index (χ0v) is 8.36. The molecule has 0 heterocycles. The van der Waals surface area contributed by atoms with Crippen LogP contribution in [0.5, 0.6) is 0 Å². The van der Waals surface area contributed by atoms with Crippen LogP contribution in [0.4, 0.5) is 12.9 Å². The van der Waals surface area contributed by atoms with Gasteiger partial charge in [0, 0.05) is 5.88 Å².